The summed E-state index contributed by atoms with van der Waals surface area (Å²) in [5, 5.41) is 0.666. The van der Waals surface area contributed by atoms with E-state index in [-0.39, 0.29) is 36.0 Å². The van der Waals surface area contributed by atoms with Crippen LogP contribution in [-0.4, -0.2) is 78.9 Å². The van der Waals surface area contributed by atoms with Crippen molar-refractivity contribution >= 4 is 41.5 Å². The zero-order valence-corrected chi connectivity index (χ0v) is 23.9. The fourth-order valence-corrected chi connectivity index (χ4v) is 5.42. The predicted octanol–water partition coefficient (Wildman–Crippen LogP) is 5.01. The molecule has 2 fully saturated rings. The Labute approximate surface area is 237 Å². The Balaban J connectivity index is 0.00000400. The van der Waals surface area contributed by atoms with Gasteiger partial charge in [-0.15, -0.1) is 12.4 Å². The van der Waals surface area contributed by atoms with Crippen LogP contribution < -0.4 is 4.90 Å². The van der Waals surface area contributed by atoms with Gasteiger partial charge < -0.3 is 14.7 Å². The largest absolute Gasteiger partial charge is 0.343 e. The van der Waals surface area contributed by atoms with E-state index >= 15 is 0 Å². The molecular formula is C29H39Cl2FN4O2. The second-order valence-corrected chi connectivity index (χ2v) is 10.7. The number of likely N-dealkylation sites (tertiary alicyclic amines) is 1. The highest BCUT2D eigenvalue weighted by Gasteiger charge is 2.30. The lowest BCUT2D eigenvalue weighted by molar-refractivity contribution is -0.133. The molecule has 6 nitrogen and oxygen atoms in total. The molecule has 2 heterocycles. The number of hydrogen-bond donors (Lipinski definition) is 0. The number of hydrogen-bond acceptors (Lipinski definition) is 4. The second kappa shape index (κ2) is 14.3. The van der Waals surface area contributed by atoms with Gasteiger partial charge in [-0.25, -0.2) is 4.39 Å². The summed E-state index contributed by atoms with van der Waals surface area (Å²) in [5.74, 6) is -0.0701. The Hall–Kier alpha value is -2.19. The zero-order valence-electron chi connectivity index (χ0n) is 22.4. The molecule has 2 aromatic rings. The zero-order chi connectivity index (χ0) is 26.4. The molecule has 0 aromatic heterocycles. The molecule has 0 aliphatic carbocycles. The fraction of sp³-hybridized carbons (Fsp3) is 0.517. The van der Waals surface area contributed by atoms with Gasteiger partial charge in [0.25, 0.3) is 0 Å². The molecule has 0 atom stereocenters. The number of nitrogens with zero attached hydrogens (tertiary/aromatic N) is 4. The van der Waals surface area contributed by atoms with E-state index < -0.39 is 0 Å². The third-order valence-electron chi connectivity index (χ3n) is 7.66. The van der Waals surface area contributed by atoms with E-state index in [0.717, 1.165) is 62.5 Å². The van der Waals surface area contributed by atoms with Crippen LogP contribution in [0.25, 0.3) is 0 Å². The topological polar surface area (TPSA) is 47.1 Å². The van der Waals surface area contributed by atoms with Gasteiger partial charge in [-0.05, 0) is 68.1 Å². The smallest absolute Gasteiger partial charge is 0.230 e. The van der Waals surface area contributed by atoms with E-state index in [1.807, 2.05) is 47.1 Å². The van der Waals surface area contributed by atoms with E-state index in [9.17, 15) is 14.0 Å². The summed E-state index contributed by atoms with van der Waals surface area (Å²) in [6, 6.07) is 12.6. The molecule has 2 saturated heterocycles. The SMILES string of the molecule is CC(=O)N1CCC(C(=O)N(CCCN2CCN(Cc3ccc(F)cc3)CC2)c2ccc(C)c(Cl)c2)CC1.Cl. The molecule has 38 heavy (non-hydrogen) atoms. The Kier molecular flexibility index (Phi) is 11.4. The van der Waals surface area contributed by atoms with Crippen LogP contribution in [0, 0.1) is 18.7 Å². The van der Waals surface area contributed by atoms with Gasteiger partial charge in [0, 0.05) is 75.9 Å². The summed E-state index contributed by atoms with van der Waals surface area (Å²) >= 11 is 6.42. The molecule has 4 rings (SSSR count). The predicted molar refractivity (Wildman–Crippen MR) is 154 cm³/mol. The Morgan fingerprint density at radius 1 is 0.974 bits per heavy atom. The van der Waals surface area contributed by atoms with Crippen molar-refractivity contribution in [2.45, 2.75) is 39.7 Å². The number of carbonyl (C=O) groups excluding carboxylic acids is 2. The molecule has 0 N–H and O–H groups in total. The molecule has 0 saturated carbocycles. The van der Waals surface area contributed by atoms with Crippen molar-refractivity contribution in [3.63, 3.8) is 0 Å². The lowest BCUT2D eigenvalue weighted by Crippen LogP contribution is -2.47. The molecule has 0 radical (unpaired) electrons. The summed E-state index contributed by atoms with van der Waals surface area (Å²) < 4.78 is 13.2. The van der Waals surface area contributed by atoms with Crippen molar-refractivity contribution in [3.05, 3.63) is 64.4 Å². The first kappa shape index (κ1) is 30.4. The van der Waals surface area contributed by atoms with Crippen LogP contribution in [0.4, 0.5) is 10.1 Å². The summed E-state index contributed by atoms with van der Waals surface area (Å²) in [6.07, 6.45) is 2.27. The molecule has 208 valence electrons. The summed E-state index contributed by atoms with van der Waals surface area (Å²) in [7, 11) is 0. The maximum atomic E-state index is 13.6. The molecule has 2 aliphatic heterocycles. The number of piperidine rings is 1. The standard InChI is InChI=1S/C29H38ClFN4O2.ClH/c1-22-4-9-27(20-28(22)30)35(29(37)25-10-14-34(15-11-25)23(2)36)13-3-12-32-16-18-33(19-17-32)21-24-5-7-26(31)8-6-24;/h4-9,20,25H,3,10-19,21H2,1-2H3;1H. The van der Waals surface area contributed by atoms with Gasteiger partial charge in [0.05, 0.1) is 0 Å². The number of aryl methyl sites for hydroxylation is 1. The fourth-order valence-electron chi connectivity index (χ4n) is 5.25. The minimum atomic E-state index is -0.199. The van der Waals surface area contributed by atoms with Crippen molar-refractivity contribution in [3.8, 4) is 0 Å². The Morgan fingerprint density at radius 2 is 1.61 bits per heavy atom. The molecule has 2 aliphatic rings. The van der Waals surface area contributed by atoms with Crippen LogP contribution >= 0.6 is 24.0 Å². The maximum absolute atomic E-state index is 13.6. The van der Waals surface area contributed by atoms with Crippen molar-refractivity contribution < 1.29 is 14.0 Å². The van der Waals surface area contributed by atoms with Crippen molar-refractivity contribution in [2.75, 3.05) is 57.3 Å². The third-order valence-corrected chi connectivity index (χ3v) is 8.07. The van der Waals surface area contributed by atoms with Gasteiger partial charge in [0.2, 0.25) is 11.8 Å². The van der Waals surface area contributed by atoms with Crippen LogP contribution in [-0.2, 0) is 16.1 Å². The molecule has 0 bridgehead atoms. The summed E-state index contributed by atoms with van der Waals surface area (Å²) in [5.41, 5.74) is 2.97. The quantitative estimate of drug-likeness (QED) is 0.452. The van der Waals surface area contributed by atoms with Crippen LogP contribution in [0.3, 0.4) is 0 Å². The van der Waals surface area contributed by atoms with E-state index in [0.29, 0.717) is 37.5 Å². The average molecular weight is 566 g/mol. The monoisotopic (exact) mass is 564 g/mol. The summed E-state index contributed by atoms with van der Waals surface area (Å²) in [6.45, 7) is 11.1. The van der Waals surface area contributed by atoms with Gasteiger partial charge in [-0.2, -0.15) is 0 Å². The Bertz CT molecular complexity index is 1070. The number of piperazine rings is 1. The molecule has 0 spiro atoms. The highest BCUT2D eigenvalue weighted by atomic mass is 35.5. The van der Waals surface area contributed by atoms with E-state index in [2.05, 4.69) is 9.80 Å². The minimum Gasteiger partial charge on any atom is -0.343 e. The molecular weight excluding hydrogens is 526 g/mol. The average Bonchev–Trinajstić information content (AvgIpc) is 2.90. The normalized spacial score (nSPS) is 17.2. The van der Waals surface area contributed by atoms with Gasteiger partial charge in [0.1, 0.15) is 5.82 Å². The number of halogens is 3. The first-order chi connectivity index (χ1) is 17.8. The van der Waals surface area contributed by atoms with Crippen LogP contribution in [0.1, 0.15) is 37.3 Å². The number of benzene rings is 2. The highest BCUT2D eigenvalue weighted by Crippen LogP contribution is 2.27. The van der Waals surface area contributed by atoms with Crippen molar-refractivity contribution in [1.29, 1.82) is 0 Å². The first-order valence-electron chi connectivity index (χ1n) is 13.3. The second-order valence-electron chi connectivity index (χ2n) is 10.3. The minimum absolute atomic E-state index is 0. The van der Waals surface area contributed by atoms with Crippen LogP contribution in [0.5, 0.6) is 0 Å². The number of rotatable bonds is 8. The lowest BCUT2D eigenvalue weighted by atomic mass is 9.94. The maximum Gasteiger partial charge on any atom is 0.230 e. The van der Waals surface area contributed by atoms with Gasteiger partial charge >= 0.3 is 0 Å². The number of anilines is 1. The molecule has 0 unspecified atom stereocenters. The van der Waals surface area contributed by atoms with Gasteiger partial charge in [-0.1, -0.05) is 29.8 Å². The van der Waals surface area contributed by atoms with Crippen molar-refractivity contribution in [1.82, 2.24) is 14.7 Å². The molecule has 2 aromatic carbocycles. The lowest BCUT2D eigenvalue weighted by Gasteiger charge is -2.36. The van der Waals surface area contributed by atoms with E-state index in [1.165, 1.54) is 12.1 Å². The van der Waals surface area contributed by atoms with Gasteiger partial charge in [0.15, 0.2) is 0 Å². The van der Waals surface area contributed by atoms with Crippen LogP contribution in [0.2, 0.25) is 5.02 Å². The van der Waals surface area contributed by atoms with E-state index in [4.69, 9.17) is 11.6 Å². The number of amides is 2. The Morgan fingerprint density at radius 3 is 2.21 bits per heavy atom. The highest BCUT2D eigenvalue weighted by molar-refractivity contribution is 6.31. The first-order valence-corrected chi connectivity index (χ1v) is 13.7. The molecule has 9 heteroatoms. The van der Waals surface area contributed by atoms with Crippen molar-refractivity contribution in [2.24, 2.45) is 5.92 Å². The van der Waals surface area contributed by atoms with Crippen LogP contribution in [0.15, 0.2) is 42.5 Å². The van der Waals surface area contributed by atoms with Gasteiger partial charge in [-0.3, -0.25) is 14.5 Å². The third kappa shape index (κ3) is 8.15. The summed E-state index contributed by atoms with van der Waals surface area (Å²) in [4.78, 5) is 33.9. The van der Waals surface area contributed by atoms with E-state index in [1.54, 1.807) is 6.92 Å². The number of carbonyl (C=O) groups is 2. The molecule has 2 amide bonds.